The van der Waals surface area contributed by atoms with Crippen molar-refractivity contribution >= 4 is 46.0 Å². The molecule has 38 heavy (non-hydrogen) atoms. The Morgan fingerprint density at radius 2 is 1.71 bits per heavy atom. The summed E-state index contributed by atoms with van der Waals surface area (Å²) in [5.41, 5.74) is 2.89. The molecule has 5 heterocycles. The van der Waals surface area contributed by atoms with Gasteiger partial charge in [0.25, 0.3) is 0 Å². The van der Waals surface area contributed by atoms with Crippen LogP contribution >= 0.6 is 23.2 Å². The first-order valence-corrected chi connectivity index (χ1v) is 13.4. The average molecular weight is 552 g/mol. The van der Waals surface area contributed by atoms with Gasteiger partial charge in [0.2, 0.25) is 11.9 Å². The Morgan fingerprint density at radius 3 is 2.37 bits per heavy atom. The van der Waals surface area contributed by atoms with Crippen LogP contribution in [0.1, 0.15) is 37.9 Å². The molecule has 2 aliphatic rings. The number of H-pyrrole nitrogens is 1. The van der Waals surface area contributed by atoms with E-state index >= 15 is 0 Å². The monoisotopic (exact) mass is 551 g/mol. The number of nitrogens with one attached hydrogen (secondary N) is 1. The molecule has 9 nitrogen and oxygen atoms in total. The number of rotatable bonds is 5. The van der Waals surface area contributed by atoms with E-state index in [0.717, 1.165) is 61.1 Å². The van der Waals surface area contributed by atoms with Crippen LogP contribution in [0.15, 0.2) is 43.0 Å². The minimum Gasteiger partial charge on any atom is -0.486 e. The molecule has 0 radical (unpaired) electrons. The van der Waals surface area contributed by atoms with Crippen LogP contribution < -0.4 is 9.64 Å². The molecule has 196 valence electrons. The third-order valence-corrected chi connectivity index (χ3v) is 8.39. The van der Waals surface area contributed by atoms with E-state index < -0.39 is 0 Å². The van der Waals surface area contributed by atoms with Crippen LogP contribution in [0.2, 0.25) is 10.0 Å². The van der Waals surface area contributed by atoms with Crippen LogP contribution in [0.25, 0.3) is 22.2 Å². The second-order valence-corrected chi connectivity index (χ2v) is 10.9. The van der Waals surface area contributed by atoms with E-state index in [2.05, 4.69) is 30.0 Å². The number of carbonyl (C=O) groups excluding carboxylic acids is 1. The third-order valence-electron chi connectivity index (χ3n) is 7.79. The first-order chi connectivity index (χ1) is 18.3. The van der Waals surface area contributed by atoms with Crippen LogP contribution in [0.3, 0.4) is 0 Å². The first-order valence-electron chi connectivity index (χ1n) is 12.6. The maximum Gasteiger partial charge on any atom is 0.228 e. The highest BCUT2D eigenvalue weighted by molar-refractivity contribution is 6.35. The number of hydrogen-bond donors (Lipinski definition) is 1. The fourth-order valence-corrected chi connectivity index (χ4v) is 6.23. The van der Waals surface area contributed by atoms with E-state index in [0.29, 0.717) is 27.3 Å². The molecule has 4 aromatic rings. The Kier molecular flexibility index (Phi) is 6.36. The van der Waals surface area contributed by atoms with Crippen molar-refractivity contribution < 1.29 is 9.53 Å². The van der Waals surface area contributed by atoms with Crippen LogP contribution in [0.4, 0.5) is 5.95 Å². The van der Waals surface area contributed by atoms with Crippen molar-refractivity contribution in [3.8, 4) is 17.0 Å². The molecule has 1 N–H and O–H groups in total. The number of benzene rings is 1. The Bertz CT molecular complexity index is 1480. The molecule has 6 rings (SSSR count). The average Bonchev–Trinajstić information content (AvgIpc) is 3.46. The lowest BCUT2D eigenvalue weighted by molar-refractivity contribution is -0.135. The predicted molar refractivity (Wildman–Crippen MR) is 147 cm³/mol. The number of aromatic nitrogens is 5. The largest absolute Gasteiger partial charge is 0.486 e. The maximum atomic E-state index is 12.6. The summed E-state index contributed by atoms with van der Waals surface area (Å²) in [6.07, 6.45) is 8.93. The number of halogens is 2. The smallest absolute Gasteiger partial charge is 0.228 e. The fourth-order valence-electron chi connectivity index (χ4n) is 5.56. The SMILES string of the molecule is CC(Oc1ccc2[nH]nc(-c3cnc(N4CCC5(CCN(C)C5=O)CC4)nc3)c2c1)c1c(Cl)cncc1Cl. The summed E-state index contributed by atoms with van der Waals surface area (Å²) in [7, 11) is 1.89. The summed E-state index contributed by atoms with van der Waals surface area (Å²) in [6, 6.07) is 5.73. The summed E-state index contributed by atoms with van der Waals surface area (Å²) in [5.74, 6) is 1.61. The van der Waals surface area contributed by atoms with E-state index in [1.807, 2.05) is 37.1 Å². The zero-order valence-electron chi connectivity index (χ0n) is 21.1. The quantitative estimate of drug-likeness (QED) is 0.358. The van der Waals surface area contributed by atoms with E-state index in [9.17, 15) is 4.79 Å². The molecular formula is C27H27Cl2N7O2. The van der Waals surface area contributed by atoms with Crippen molar-refractivity contribution in [1.29, 1.82) is 0 Å². The van der Waals surface area contributed by atoms with E-state index in [1.54, 1.807) is 24.8 Å². The number of fused-ring (bicyclic) bond motifs is 1. The Morgan fingerprint density at radius 1 is 1.03 bits per heavy atom. The second-order valence-electron chi connectivity index (χ2n) is 10.1. The lowest BCUT2D eigenvalue weighted by atomic mass is 9.77. The molecule has 1 amide bonds. The lowest BCUT2D eigenvalue weighted by Crippen LogP contribution is -2.44. The van der Waals surface area contributed by atoms with E-state index in [-0.39, 0.29) is 17.4 Å². The molecule has 11 heteroatoms. The third kappa shape index (κ3) is 4.33. The molecule has 1 spiro atoms. The van der Waals surface area contributed by atoms with Gasteiger partial charge in [-0.2, -0.15) is 5.10 Å². The van der Waals surface area contributed by atoms with Crippen molar-refractivity contribution in [3.05, 3.63) is 58.6 Å². The van der Waals surface area contributed by atoms with Crippen molar-refractivity contribution in [2.75, 3.05) is 31.6 Å². The topological polar surface area (TPSA) is 100 Å². The number of piperidine rings is 1. The maximum absolute atomic E-state index is 12.6. The van der Waals surface area contributed by atoms with Crippen molar-refractivity contribution in [1.82, 2.24) is 30.0 Å². The van der Waals surface area contributed by atoms with Gasteiger partial charge in [-0.1, -0.05) is 23.2 Å². The number of carbonyl (C=O) groups is 1. The molecule has 1 atom stereocenters. The van der Waals surface area contributed by atoms with Gasteiger partial charge in [-0.3, -0.25) is 14.9 Å². The van der Waals surface area contributed by atoms with Gasteiger partial charge >= 0.3 is 0 Å². The van der Waals surface area contributed by atoms with Gasteiger partial charge in [-0.25, -0.2) is 9.97 Å². The van der Waals surface area contributed by atoms with Gasteiger partial charge in [-0.05, 0) is 44.4 Å². The number of amides is 1. The number of aromatic amines is 1. The van der Waals surface area contributed by atoms with Crippen molar-refractivity contribution in [3.63, 3.8) is 0 Å². The van der Waals surface area contributed by atoms with Gasteiger partial charge in [0.05, 0.1) is 21.0 Å². The molecule has 1 unspecified atom stereocenters. The minimum atomic E-state index is -0.378. The number of ether oxygens (including phenoxy) is 1. The number of hydrogen-bond acceptors (Lipinski definition) is 7. The summed E-state index contributed by atoms with van der Waals surface area (Å²) in [4.78, 5) is 29.9. The van der Waals surface area contributed by atoms with Gasteiger partial charge in [0.15, 0.2) is 0 Å². The highest BCUT2D eigenvalue weighted by Gasteiger charge is 2.47. The van der Waals surface area contributed by atoms with Crippen LogP contribution in [-0.4, -0.2) is 62.6 Å². The number of nitrogens with zero attached hydrogens (tertiary/aromatic N) is 6. The summed E-state index contributed by atoms with van der Waals surface area (Å²) in [6.45, 7) is 4.28. The summed E-state index contributed by atoms with van der Waals surface area (Å²) < 4.78 is 6.18. The highest BCUT2D eigenvalue weighted by Crippen LogP contribution is 2.41. The Hall–Kier alpha value is -3.43. The lowest BCUT2D eigenvalue weighted by Gasteiger charge is -2.37. The molecule has 0 bridgehead atoms. The predicted octanol–water partition coefficient (Wildman–Crippen LogP) is 5.31. The standard InChI is InChI=1S/C27H27Cl2N7O2/c1-16(23-20(28)14-30-15-21(23)29)38-18-3-4-22-19(11-18)24(34-33-22)17-12-31-26(32-13-17)36-9-6-27(7-10-36)5-8-35(2)25(27)37/h3-4,11-16H,5-10H2,1-2H3,(H,33,34). The summed E-state index contributed by atoms with van der Waals surface area (Å²) >= 11 is 12.6. The minimum absolute atomic E-state index is 0.204. The molecular weight excluding hydrogens is 525 g/mol. The number of likely N-dealkylation sites (tertiary alicyclic amines) is 1. The highest BCUT2D eigenvalue weighted by atomic mass is 35.5. The summed E-state index contributed by atoms with van der Waals surface area (Å²) in [5, 5.41) is 9.39. The van der Waals surface area contributed by atoms with Crippen molar-refractivity contribution in [2.45, 2.75) is 32.3 Å². The number of anilines is 1. The molecule has 2 saturated heterocycles. The normalized spacial score (nSPS) is 17.9. The zero-order chi connectivity index (χ0) is 26.4. The van der Waals surface area contributed by atoms with Gasteiger partial charge < -0.3 is 14.5 Å². The van der Waals surface area contributed by atoms with E-state index in [1.165, 1.54) is 0 Å². The molecule has 0 saturated carbocycles. The van der Waals surface area contributed by atoms with Gasteiger partial charge in [-0.15, -0.1) is 0 Å². The fraction of sp³-hybridized carbons (Fsp3) is 0.370. The van der Waals surface area contributed by atoms with E-state index in [4.69, 9.17) is 27.9 Å². The van der Waals surface area contributed by atoms with Crippen LogP contribution in [-0.2, 0) is 4.79 Å². The molecule has 0 aliphatic carbocycles. The molecule has 2 fully saturated rings. The Labute approximate surface area is 230 Å². The van der Waals surface area contributed by atoms with Gasteiger partial charge in [0, 0.05) is 68.0 Å². The van der Waals surface area contributed by atoms with Crippen LogP contribution in [0.5, 0.6) is 5.75 Å². The van der Waals surface area contributed by atoms with Crippen LogP contribution in [0, 0.1) is 5.41 Å². The number of pyridine rings is 1. The molecule has 2 aliphatic heterocycles. The first kappa shape index (κ1) is 24.9. The van der Waals surface area contributed by atoms with Crippen molar-refractivity contribution in [2.24, 2.45) is 5.41 Å². The zero-order valence-corrected chi connectivity index (χ0v) is 22.6. The molecule has 1 aromatic carbocycles. The Balaban J connectivity index is 1.19. The molecule has 3 aromatic heterocycles. The second kappa shape index (κ2) is 9.71. The van der Waals surface area contributed by atoms with Gasteiger partial charge in [0.1, 0.15) is 17.5 Å².